The lowest BCUT2D eigenvalue weighted by molar-refractivity contribution is 0.170. The Labute approximate surface area is 233 Å². The van der Waals surface area contributed by atoms with E-state index in [2.05, 4.69) is 41.5 Å². The lowest BCUT2D eigenvalue weighted by Crippen LogP contribution is -2.18. The molecule has 0 spiro atoms. The monoisotopic (exact) mass is 546 g/mol. The maximum atomic E-state index is 12.1. The minimum atomic E-state index is -3.89. The summed E-state index contributed by atoms with van der Waals surface area (Å²) in [7, 11) is -3.89. The largest absolute Gasteiger partial charge is 0.399 e. The first-order valence-corrected chi connectivity index (χ1v) is 17.6. The van der Waals surface area contributed by atoms with Crippen LogP contribution in [0.3, 0.4) is 0 Å². The van der Waals surface area contributed by atoms with E-state index in [1.165, 1.54) is 103 Å². The average molecular weight is 547 g/mol. The fourth-order valence-electron chi connectivity index (χ4n) is 5.03. The zero-order valence-corrected chi connectivity index (χ0v) is 26.7. The van der Waals surface area contributed by atoms with Gasteiger partial charge in [-0.1, -0.05) is 157 Å². The Hall–Kier alpha value is -0.130. The highest BCUT2D eigenvalue weighted by atomic mass is 32.3. The highest BCUT2D eigenvalue weighted by Gasteiger charge is 2.16. The number of hydrogen-bond acceptors (Lipinski definition) is 4. The van der Waals surface area contributed by atoms with Crippen LogP contribution in [0.1, 0.15) is 170 Å². The van der Waals surface area contributed by atoms with Crippen molar-refractivity contribution in [3.63, 3.8) is 0 Å². The number of hydrogen-bond donors (Lipinski definition) is 0. The third-order valence-electron chi connectivity index (χ3n) is 7.88. The predicted octanol–water partition coefficient (Wildman–Crippen LogP) is 10.7. The third kappa shape index (κ3) is 25.9. The second-order valence-corrected chi connectivity index (χ2v) is 13.7. The zero-order valence-electron chi connectivity index (χ0n) is 25.9. The van der Waals surface area contributed by atoms with Gasteiger partial charge in [-0.25, -0.2) is 8.37 Å². The van der Waals surface area contributed by atoms with Crippen LogP contribution in [0.5, 0.6) is 0 Å². The normalized spacial score (nSPS) is 15.5. The van der Waals surface area contributed by atoms with E-state index in [1.54, 1.807) is 0 Å². The summed E-state index contributed by atoms with van der Waals surface area (Å²) < 4.78 is 34.6. The summed E-state index contributed by atoms with van der Waals surface area (Å²) >= 11 is 0. The Balaban J connectivity index is 3.68. The van der Waals surface area contributed by atoms with Gasteiger partial charge in [-0.15, -0.1) is 0 Å². The van der Waals surface area contributed by atoms with Crippen molar-refractivity contribution in [3.05, 3.63) is 0 Å². The van der Waals surface area contributed by atoms with E-state index >= 15 is 0 Å². The maximum Gasteiger partial charge on any atom is 0.399 e. The van der Waals surface area contributed by atoms with Crippen LogP contribution in [0.15, 0.2) is 0 Å². The van der Waals surface area contributed by atoms with Crippen LogP contribution in [-0.2, 0) is 18.8 Å². The lowest BCUT2D eigenvalue weighted by atomic mass is 9.96. The predicted molar refractivity (Wildman–Crippen MR) is 161 cm³/mol. The van der Waals surface area contributed by atoms with Crippen molar-refractivity contribution in [2.24, 2.45) is 23.7 Å². The molecule has 0 radical (unpaired) electrons. The summed E-state index contributed by atoms with van der Waals surface area (Å²) in [5.74, 6) is 2.21. The molecule has 0 saturated carbocycles. The van der Waals surface area contributed by atoms with Crippen molar-refractivity contribution in [2.45, 2.75) is 170 Å². The van der Waals surface area contributed by atoms with Crippen LogP contribution in [0.2, 0.25) is 0 Å². The van der Waals surface area contributed by atoms with Gasteiger partial charge in [0.15, 0.2) is 0 Å². The SMILES string of the molecule is CCCCC(C)CCCCCCCC(C)COS(=O)(=O)OCC(C)CCCCCCCC(C)CCCC. The Morgan fingerprint density at radius 3 is 1.03 bits per heavy atom. The molecule has 5 heteroatoms. The van der Waals surface area contributed by atoms with Crippen molar-refractivity contribution in [3.8, 4) is 0 Å². The molecule has 0 N–H and O–H groups in total. The summed E-state index contributed by atoms with van der Waals surface area (Å²) in [6, 6.07) is 0. The molecule has 0 rings (SSSR count). The summed E-state index contributed by atoms with van der Waals surface area (Å²) in [4.78, 5) is 0. The molecule has 4 unspecified atom stereocenters. The van der Waals surface area contributed by atoms with Gasteiger partial charge in [0.2, 0.25) is 0 Å². The van der Waals surface area contributed by atoms with Crippen molar-refractivity contribution in [2.75, 3.05) is 13.2 Å². The Bertz CT molecular complexity index is 533. The molecule has 0 aliphatic heterocycles. The topological polar surface area (TPSA) is 52.6 Å². The van der Waals surface area contributed by atoms with Crippen LogP contribution in [0, 0.1) is 23.7 Å². The summed E-state index contributed by atoms with van der Waals surface area (Å²) in [6.45, 7) is 13.9. The van der Waals surface area contributed by atoms with Gasteiger partial charge in [-0.05, 0) is 36.5 Å². The standard InChI is InChI=1S/C32H66O4S/c1-7-9-21-29(3)23-17-13-11-15-19-25-31(5)27-35-37(33,34)36-28-32(6)26-20-16-12-14-18-24-30(4)22-10-8-2/h29-32H,7-28H2,1-6H3. The van der Waals surface area contributed by atoms with E-state index in [0.29, 0.717) is 0 Å². The van der Waals surface area contributed by atoms with E-state index in [9.17, 15) is 8.42 Å². The van der Waals surface area contributed by atoms with Gasteiger partial charge in [0.05, 0.1) is 13.2 Å². The van der Waals surface area contributed by atoms with Crippen LogP contribution >= 0.6 is 0 Å². The highest BCUT2D eigenvalue weighted by molar-refractivity contribution is 7.81. The fraction of sp³-hybridized carbons (Fsp3) is 1.00. The van der Waals surface area contributed by atoms with Crippen molar-refractivity contribution >= 4 is 10.4 Å². The van der Waals surface area contributed by atoms with E-state index in [0.717, 1.165) is 37.5 Å². The molecule has 0 aromatic heterocycles. The molecule has 0 aliphatic carbocycles. The van der Waals surface area contributed by atoms with Gasteiger partial charge < -0.3 is 0 Å². The first kappa shape index (κ1) is 36.9. The van der Waals surface area contributed by atoms with Crippen molar-refractivity contribution in [1.29, 1.82) is 0 Å². The third-order valence-corrected chi connectivity index (χ3v) is 8.73. The fourth-order valence-corrected chi connectivity index (χ4v) is 5.89. The lowest BCUT2D eigenvalue weighted by Gasteiger charge is -2.14. The van der Waals surface area contributed by atoms with E-state index < -0.39 is 10.4 Å². The van der Waals surface area contributed by atoms with Crippen molar-refractivity contribution in [1.82, 2.24) is 0 Å². The molecule has 0 saturated heterocycles. The van der Waals surface area contributed by atoms with Crippen molar-refractivity contribution < 1.29 is 16.8 Å². The van der Waals surface area contributed by atoms with E-state index in [-0.39, 0.29) is 25.0 Å². The molecular weight excluding hydrogens is 480 g/mol. The van der Waals surface area contributed by atoms with Gasteiger partial charge in [-0.2, -0.15) is 8.42 Å². The first-order chi connectivity index (χ1) is 17.7. The second kappa shape index (κ2) is 24.9. The molecule has 0 bridgehead atoms. The van der Waals surface area contributed by atoms with E-state index in [4.69, 9.17) is 8.37 Å². The second-order valence-electron chi connectivity index (χ2n) is 12.4. The minimum Gasteiger partial charge on any atom is -0.248 e. The van der Waals surface area contributed by atoms with E-state index in [1.807, 2.05) is 0 Å². The van der Waals surface area contributed by atoms with Gasteiger partial charge in [0, 0.05) is 0 Å². The average Bonchev–Trinajstić information content (AvgIpc) is 2.87. The molecule has 0 fully saturated rings. The molecule has 0 heterocycles. The molecule has 4 nitrogen and oxygen atoms in total. The van der Waals surface area contributed by atoms with Crippen LogP contribution in [0.4, 0.5) is 0 Å². The quantitative estimate of drug-likeness (QED) is 0.0916. The van der Waals surface area contributed by atoms with Gasteiger partial charge in [0.1, 0.15) is 0 Å². The molecule has 0 aliphatic rings. The summed E-state index contributed by atoms with van der Waals surface area (Å²) in [6.07, 6.45) is 25.5. The minimum absolute atomic E-state index is 0.225. The molecule has 224 valence electrons. The Morgan fingerprint density at radius 1 is 0.432 bits per heavy atom. The summed E-state index contributed by atoms with van der Waals surface area (Å²) in [5, 5.41) is 0. The van der Waals surface area contributed by atoms with Gasteiger partial charge in [-0.3, -0.25) is 0 Å². The molecule has 0 aromatic carbocycles. The molecule has 4 atom stereocenters. The molecule has 37 heavy (non-hydrogen) atoms. The van der Waals surface area contributed by atoms with Crippen LogP contribution < -0.4 is 0 Å². The number of rotatable bonds is 28. The molecular formula is C32H66O4S. The Morgan fingerprint density at radius 2 is 0.703 bits per heavy atom. The first-order valence-electron chi connectivity index (χ1n) is 16.2. The molecule has 0 aromatic rings. The maximum absolute atomic E-state index is 12.1. The summed E-state index contributed by atoms with van der Waals surface area (Å²) in [5.41, 5.74) is 0. The van der Waals surface area contributed by atoms with Gasteiger partial charge in [0.25, 0.3) is 0 Å². The molecule has 0 amide bonds. The smallest absolute Gasteiger partial charge is 0.248 e. The van der Waals surface area contributed by atoms with Crippen LogP contribution in [0.25, 0.3) is 0 Å². The highest BCUT2D eigenvalue weighted by Crippen LogP contribution is 2.20. The zero-order chi connectivity index (χ0) is 27.8. The number of unbranched alkanes of at least 4 members (excludes halogenated alkanes) is 10. The van der Waals surface area contributed by atoms with Gasteiger partial charge >= 0.3 is 10.4 Å². The van der Waals surface area contributed by atoms with Crippen LogP contribution in [-0.4, -0.2) is 21.6 Å². The Kier molecular flexibility index (Phi) is 24.8.